The number of amides is 1. The van der Waals surface area contributed by atoms with E-state index in [4.69, 9.17) is 0 Å². The molecule has 1 aromatic carbocycles. The summed E-state index contributed by atoms with van der Waals surface area (Å²) in [6, 6.07) is 3.53. The van der Waals surface area contributed by atoms with Crippen LogP contribution in [-0.2, 0) is 14.8 Å². The van der Waals surface area contributed by atoms with Crippen molar-refractivity contribution in [2.75, 3.05) is 0 Å². The summed E-state index contributed by atoms with van der Waals surface area (Å²) in [5.41, 5.74) is 0. The van der Waals surface area contributed by atoms with Crippen LogP contribution < -0.4 is 9.46 Å². The topological polar surface area (TPSA) is 72.5 Å². The number of sulfonamides is 1. The van der Waals surface area contributed by atoms with Gasteiger partial charge in [-0.25, -0.2) is 13.1 Å². The maximum atomic E-state index is 11.9. The lowest BCUT2D eigenvalue weighted by Crippen LogP contribution is -2.33. The second-order valence-electron chi connectivity index (χ2n) is 4.14. The Kier molecular flexibility index (Phi) is 4.64. The average Bonchev–Trinajstić information content (AvgIpc) is 2.26. The molecule has 0 aromatic heterocycles. The number of alkyl halides is 3. The third kappa shape index (κ3) is 4.72. The van der Waals surface area contributed by atoms with Gasteiger partial charge in [0.1, 0.15) is 5.75 Å². The van der Waals surface area contributed by atoms with Crippen molar-refractivity contribution in [2.24, 2.45) is 5.92 Å². The van der Waals surface area contributed by atoms with E-state index in [2.05, 4.69) is 4.74 Å². The van der Waals surface area contributed by atoms with Crippen LogP contribution in [0.25, 0.3) is 0 Å². The van der Waals surface area contributed by atoms with Crippen molar-refractivity contribution < 1.29 is 31.1 Å². The smallest absolute Gasteiger partial charge is 0.406 e. The van der Waals surface area contributed by atoms with Crippen LogP contribution in [0, 0.1) is 5.92 Å². The van der Waals surface area contributed by atoms with Crippen LogP contribution in [0.4, 0.5) is 13.2 Å². The van der Waals surface area contributed by atoms with Crippen molar-refractivity contribution >= 4 is 15.9 Å². The van der Waals surface area contributed by atoms with E-state index in [0.29, 0.717) is 0 Å². The summed E-state index contributed by atoms with van der Waals surface area (Å²) in [5.74, 6) is -1.80. The minimum atomic E-state index is -4.85. The van der Waals surface area contributed by atoms with Gasteiger partial charge in [-0.05, 0) is 24.3 Å². The number of carbonyl (C=O) groups excluding carboxylic acids is 1. The molecular weight excluding hydrogens is 299 g/mol. The first kappa shape index (κ1) is 16.3. The Bertz CT molecular complexity index is 579. The first-order valence-electron chi connectivity index (χ1n) is 5.44. The van der Waals surface area contributed by atoms with E-state index in [1.54, 1.807) is 0 Å². The van der Waals surface area contributed by atoms with E-state index < -0.39 is 34.0 Å². The SMILES string of the molecule is CC(C)C(=O)NS(=O)(=O)c1ccc(OC(F)(F)F)cc1. The fourth-order valence-corrected chi connectivity index (χ4v) is 2.24. The van der Waals surface area contributed by atoms with Gasteiger partial charge >= 0.3 is 6.36 Å². The molecule has 1 amide bonds. The van der Waals surface area contributed by atoms with Crippen LogP contribution in [0.5, 0.6) is 5.75 Å². The van der Waals surface area contributed by atoms with Crippen LogP contribution in [0.2, 0.25) is 0 Å². The van der Waals surface area contributed by atoms with Gasteiger partial charge in [0, 0.05) is 5.92 Å². The molecule has 0 saturated heterocycles. The largest absolute Gasteiger partial charge is 0.573 e. The first-order chi connectivity index (χ1) is 9.01. The molecule has 0 aliphatic rings. The van der Waals surface area contributed by atoms with Gasteiger partial charge in [0.25, 0.3) is 10.0 Å². The van der Waals surface area contributed by atoms with Gasteiger partial charge in [-0.1, -0.05) is 13.8 Å². The van der Waals surface area contributed by atoms with Crippen LogP contribution in [0.1, 0.15) is 13.8 Å². The number of benzene rings is 1. The average molecular weight is 311 g/mol. The Morgan fingerprint density at radius 2 is 1.70 bits per heavy atom. The van der Waals surface area contributed by atoms with E-state index >= 15 is 0 Å². The van der Waals surface area contributed by atoms with Gasteiger partial charge in [-0.2, -0.15) is 0 Å². The molecule has 112 valence electrons. The van der Waals surface area contributed by atoms with Crippen LogP contribution in [0.15, 0.2) is 29.2 Å². The van der Waals surface area contributed by atoms with Crippen molar-refractivity contribution in [1.29, 1.82) is 0 Å². The number of rotatable bonds is 4. The molecule has 0 aliphatic carbocycles. The molecule has 1 rings (SSSR count). The zero-order chi connectivity index (χ0) is 15.6. The molecule has 0 saturated carbocycles. The molecule has 5 nitrogen and oxygen atoms in total. The van der Waals surface area contributed by atoms with Gasteiger partial charge in [0.05, 0.1) is 4.90 Å². The minimum Gasteiger partial charge on any atom is -0.406 e. The molecule has 0 fully saturated rings. The molecule has 0 spiro atoms. The Hall–Kier alpha value is -1.77. The van der Waals surface area contributed by atoms with Gasteiger partial charge < -0.3 is 4.74 Å². The van der Waals surface area contributed by atoms with E-state index in [1.165, 1.54) is 13.8 Å². The quantitative estimate of drug-likeness (QED) is 0.923. The molecule has 9 heteroatoms. The Labute approximate surface area is 113 Å². The predicted octanol–water partition coefficient (Wildman–Crippen LogP) is 2.05. The number of halogens is 3. The van der Waals surface area contributed by atoms with Crippen molar-refractivity contribution in [1.82, 2.24) is 4.72 Å². The van der Waals surface area contributed by atoms with Crippen LogP contribution in [0.3, 0.4) is 0 Å². The summed E-state index contributed by atoms with van der Waals surface area (Å²) in [5, 5.41) is 0. The maximum Gasteiger partial charge on any atom is 0.573 e. The highest BCUT2D eigenvalue weighted by Crippen LogP contribution is 2.23. The van der Waals surface area contributed by atoms with Gasteiger partial charge in [0.2, 0.25) is 5.91 Å². The number of carbonyl (C=O) groups is 1. The molecule has 0 unspecified atom stereocenters. The van der Waals surface area contributed by atoms with E-state index in [0.717, 1.165) is 24.3 Å². The number of nitrogens with one attached hydrogen (secondary N) is 1. The first-order valence-corrected chi connectivity index (χ1v) is 6.92. The summed E-state index contributed by atoms with van der Waals surface area (Å²) in [7, 11) is -4.10. The van der Waals surface area contributed by atoms with E-state index in [-0.39, 0.29) is 4.90 Å². The summed E-state index contributed by atoms with van der Waals surface area (Å²) in [4.78, 5) is 11.0. The Morgan fingerprint density at radius 1 is 1.20 bits per heavy atom. The summed E-state index contributed by atoms with van der Waals surface area (Å²) < 4.78 is 64.7. The molecule has 0 aliphatic heterocycles. The molecule has 0 heterocycles. The fraction of sp³-hybridized carbons (Fsp3) is 0.364. The molecule has 0 radical (unpaired) electrons. The number of hydrogen-bond acceptors (Lipinski definition) is 4. The van der Waals surface area contributed by atoms with Crippen molar-refractivity contribution in [2.45, 2.75) is 25.1 Å². The van der Waals surface area contributed by atoms with Gasteiger partial charge in [-0.15, -0.1) is 13.2 Å². The summed E-state index contributed by atoms with van der Waals surface area (Å²) in [6.45, 7) is 3.01. The molecular formula is C11H12F3NO4S. The monoisotopic (exact) mass is 311 g/mol. The minimum absolute atomic E-state index is 0.332. The van der Waals surface area contributed by atoms with E-state index in [9.17, 15) is 26.4 Å². The summed E-state index contributed by atoms with van der Waals surface area (Å²) >= 11 is 0. The van der Waals surface area contributed by atoms with E-state index in [1.807, 2.05) is 4.72 Å². The van der Waals surface area contributed by atoms with Gasteiger partial charge in [0.15, 0.2) is 0 Å². The zero-order valence-electron chi connectivity index (χ0n) is 10.6. The van der Waals surface area contributed by atoms with Crippen molar-refractivity contribution in [3.05, 3.63) is 24.3 Å². The van der Waals surface area contributed by atoms with Crippen LogP contribution >= 0.6 is 0 Å². The molecule has 0 atom stereocenters. The highest BCUT2D eigenvalue weighted by Gasteiger charge is 2.31. The van der Waals surface area contributed by atoms with Crippen LogP contribution in [-0.4, -0.2) is 20.7 Å². The highest BCUT2D eigenvalue weighted by molar-refractivity contribution is 7.90. The normalized spacial score (nSPS) is 12.3. The zero-order valence-corrected chi connectivity index (χ0v) is 11.4. The second kappa shape index (κ2) is 5.70. The molecule has 1 aromatic rings. The predicted molar refractivity (Wildman–Crippen MR) is 63.3 cm³/mol. The van der Waals surface area contributed by atoms with Crippen molar-refractivity contribution in [3.8, 4) is 5.75 Å². The standard InChI is InChI=1S/C11H12F3NO4S/c1-7(2)10(16)15-20(17,18)9-5-3-8(4-6-9)19-11(12,13)14/h3-7H,1-2H3,(H,15,16). The lowest BCUT2D eigenvalue weighted by Gasteiger charge is -2.11. The fourth-order valence-electron chi connectivity index (χ4n) is 1.13. The third-order valence-corrected chi connectivity index (χ3v) is 3.49. The highest BCUT2D eigenvalue weighted by atomic mass is 32.2. The number of ether oxygens (including phenoxy) is 1. The lowest BCUT2D eigenvalue weighted by atomic mass is 10.2. The Balaban J connectivity index is 2.90. The van der Waals surface area contributed by atoms with Crippen molar-refractivity contribution in [3.63, 3.8) is 0 Å². The third-order valence-electron chi connectivity index (χ3n) is 2.13. The number of hydrogen-bond donors (Lipinski definition) is 1. The lowest BCUT2D eigenvalue weighted by molar-refractivity contribution is -0.274. The molecule has 1 N–H and O–H groups in total. The van der Waals surface area contributed by atoms with Gasteiger partial charge in [-0.3, -0.25) is 4.79 Å². The second-order valence-corrected chi connectivity index (χ2v) is 5.83. The maximum absolute atomic E-state index is 11.9. The molecule has 0 bridgehead atoms. The Morgan fingerprint density at radius 3 is 2.10 bits per heavy atom. The summed E-state index contributed by atoms with van der Waals surface area (Å²) in [6.07, 6.45) is -4.85. The molecule has 20 heavy (non-hydrogen) atoms.